The summed E-state index contributed by atoms with van der Waals surface area (Å²) in [4.78, 5) is 13.9. The molecular formula is C12H25N3O. The van der Waals surface area contributed by atoms with Gasteiger partial charge in [-0.3, -0.25) is 0 Å². The maximum Gasteiger partial charge on any atom is 0.314 e. The summed E-state index contributed by atoms with van der Waals surface area (Å²) in [5.41, 5.74) is 0. The molecule has 94 valence electrons. The van der Waals surface area contributed by atoms with E-state index in [4.69, 9.17) is 0 Å². The quantitative estimate of drug-likeness (QED) is 0.763. The molecular weight excluding hydrogens is 202 g/mol. The van der Waals surface area contributed by atoms with E-state index in [0.717, 1.165) is 19.6 Å². The third kappa shape index (κ3) is 4.39. The molecule has 0 saturated carbocycles. The third-order valence-corrected chi connectivity index (χ3v) is 3.02. The molecule has 0 spiro atoms. The summed E-state index contributed by atoms with van der Waals surface area (Å²) in [6, 6.07) is 0.781. The highest BCUT2D eigenvalue weighted by Gasteiger charge is 2.24. The molecule has 0 aliphatic carbocycles. The summed E-state index contributed by atoms with van der Waals surface area (Å²) in [5.74, 6) is 0.611. The second kappa shape index (κ2) is 6.09. The van der Waals surface area contributed by atoms with E-state index in [0.29, 0.717) is 12.0 Å². The number of nitrogens with one attached hydrogen (secondary N) is 2. The van der Waals surface area contributed by atoms with Gasteiger partial charge in [-0.15, -0.1) is 0 Å². The Morgan fingerprint density at radius 1 is 1.38 bits per heavy atom. The normalized spacial score (nSPS) is 21.8. The molecule has 0 aromatic heterocycles. The number of carbonyl (C=O) groups is 1. The van der Waals surface area contributed by atoms with Crippen molar-refractivity contribution in [2.75, 3.05) is 19.6 Å². The maximum atomic E-state index is 11.4. The van der Waals surface area contributed by atoms with Crippen LogP contribution in [0.3, 0.4) is 0 Å². The van der Waals surface area contributed by atoms with E-state index in [9.17, 15) is 4.79 Å². The Balaban J connectivity index is 2.17. The summed E-state index contributed by atoms with van der Waals surface area (Å²) in [5, 5.41) is 5.78. The molecule has 4 nitrogen and oxygen atoms in total. The van der Waals surface area contributed by atoms with Gasteiger partial charge < -0.3 is 15.5 Å². The molecule has 1 unspecified atom stereocenters. The molecule has 0 radical (unpaired) electrons. The number of carbonyl (C=O) groups excluding carboxylic acids is 1. The minimum absolute atomic E-state index is 0.0435. The Kier molecular flexibility index (Phi) is 5.06. The predicted molar refractivity (Wildman–Crippen MR) is 66.5 cm³/mol. The van der Waals surface area contributed by atoms with Gasteiger partial charge in [0.2, 0.25) is 0 Å². The fourth-order valence-corrected chi connectivity index (χ4v) is 2.05. The van der Waals surface area contributed by atoms with E-state index >= 15 is 0 Å². The molecule has 4 heteroatoms. The Labute approximate surface area is 98.8 Å². The highest BCUT2D eigenvalue weighted by molar-refractivity contribution is 5.74. The molecule has 1 heterocycles. The summed E-state index contributed by atoms with van der Waals surface area (Å²) < 4.78 is 0. The fourth-order valence-electron chi connectivity index (χ4n) is 2.05. The molecule has 1 aliphatic rings. The van der Waals surface area contributed by atoms with Crippen LogP contribution in [0.1, 0.15) is 34.1 Å². The van der Waals surface area contributed by atoms with Crippen LogP contribution in [0.5, 0.6) is 0 Å². The van der Waals surface area contributed by atoms with Crippen LogP contribution >= 0.6 is 0 Å². The fraction of sp³-hybridized carbons (Fsp3) is 0.917. The first-order valence-electron chi connectivity index (χ1n) is 6.27. The van der Waals surface area contributed by atoms with Gasteiger partial charge in [0.05, 0.1) is 0 Å². The van der Waals surface area contributed by atoms with Gasteiger partial charge in [-0.2, -0.15) is 0 Å². The lowest BCUT2D eigenvalue weighted by molar-refractivity contribution is 0.234. The first-order chi connectivity index (χ1) is 7.49. The zero-order valence-electron chi connectivity index (χ0n) is 10.9. The van der Waals surface area contributed by atoms with Crippen molar-refractivity contribution in [2.45, 2.75) is 46.2 Å². The molecule has 1 fully saturated rings. The molecule has 1 aliphatic heterocycles. The van der Waals surface area contributed by atoms with E-state index in [1.54, 1.807) is 0 Å². The second-order valence-electron chi connectivity index (χ2n) is 5.25. The monoisotopic (exact) mass is 227 g/mol. The number of likely N-dealkylation sites (tertiary alicyclic amines) is 1. The highest BCUT2D eigenvalue weighted by Crippen LogP contribution is 2.17. The summed E-state index contributed by atoms with van der Waals surface area (Å²) in [6.45, 7) is 11.4. The van der Waals surface area contributed by atoms with Crippen LogP contribution < -0.4 is 10.6 Å². The SMILES string of the molecule is CC(C)NC(=O)NCC1CCN(C(C)C)C1. The van der Waals surface area contributed by atoms with Crippen LogP contribution in [0, 0.1) is 5.92 Å². The second-order valence-corrected chi connectivity index (χ2v) is 5.25. The molecule has 1 rings (SSSR count). The van der Waals surface area contributed by atoms with Crippen molar-refractivity contribution in [1.82, 2.24) is 15.5 Å². The Morgan fingerprint density at radius 3 is 2.56 bits per heavy atom. The van der Waals surface area contributed by atoms with Gasteiger partial charge in [0.25, 0.3) is 0 Å². The molecule has 2 N–H and O–H groups in total. The number of amides is 2. The van der Waals surface area contributed by atoms with Crippen molar-refractivity contribution in [1.29, 1.82) is 0 Å². The van der Waals surface area contributed by atoms with Crippen molar-refractivity contribution < 1.29 is 4.79 Å². The summed E-state index contributed by atoms with van der Waals surface area (Å²) in [6.07, 6.45) is 1.19. The minimum atomic E-state index is -0.0435. The lowest BCUT2D eigenvalue weighted by Crippen LogP contribution is -2.42. The van der Waals surface area contributed by atoms with Crippen molar-refractivity contribution in [2.24, 2.45) is 5.92 Å². The van der Waals surface area contributed by atoms with E-state index in [-0.39, 0.29) is 12.1 Å². The van der Waals surface area contributed by atoms with Gasteiger partial charge in [0, 0.05) is 25.2 Å². The Bertz CT molecular complexity index is 228. The molecule has 0 aromatic rings. The zero-order valence-corrected chi connectivity index (χ0v) is 10.9. The summed E-state index contributed by atoms with van der Waals surface area (Å²) in [7, 11) is 0. The van der Waals surface area contributed by atoms with E-state index in [2.05, 4.69) is 29.4 Å². The van der Waals surface area contributed by atoms with Crippen molar-refractivity contribution in [3.05, 3.63) is 0 Å². The molecule has 0 bridgehead atoms. The van der Waals surface area contributed by atoms with Gasteiger partial charge in [0.1, 0.15) is 0 Å². The van der Waals surface area contributed by atoms with E-state index in [1.165, 1.54) is 6.42 Å². The standard InChI is InChI=1S/C12H25N3O/c1-9(2)14-12(16)13-7-11-5-6-15(8-11)10(3)4/h9-11H,5-8H2,1-4H3,(H2,13,14,16). The maximum absolute atomic E-state index is 11.4. The van der Waals surface area contributed by atoms with Crippen molar-refractivity contribution in [3.63, 3.8) is 0 Å². The van der Waals surface area contributed by atoms with E-state index < -0.39 is 0 Å². The van der Waals surface area contributed by atoms with Crippen LogP contribution in [-0.2, 0) is 0 Å². The molecule has 2 amide bonds. The summed E-state index contributed by atoms with van der Waals surface area (Å²) >= 11 is 0. The van der Waals surface area contributed by atoms with Crippen molar-refractivity contribution >= 4 is 6.03 Å². The van der Waals surface area contributed by atoms with Gasteiger partial charge in [-0.1, -0.05) is 0 Å². The number of hydrogen-bond donors (Lipinski definition) is 2. The molecule has 16 heavy (non-hydrogen) atoms. The average molecular weight is 227 g/mol. The minimum Gasteiger partial charge on any atom is -0.338 e. The smallest absolute Gasteiger partial charge is 0.314 e. The highest BCUT2D eigenvalue weighted by atomic mass is 16.2. The topological polar surface area (TPSA) is 44.4 Å². The van der Waals surface area contributed by atoms with Crippen LogP contribution in [0.2, 0.25) is 0 Å². The van der Waals surface area contributed by atoms with Gasteiger partial charge in [-0.25, -0.2) is 4.79 Å². The van der Waals surface area contributed by atoms with Crippen LogP contribution in [-0.4, -0.2) is 42.6 Å². The Morgan fingerprint density at radius 2 is 2.06 bits per heavy atom. The molecule has 1 saturated heterocycles. The van der Waals surface area contributed by atoms with E-state index in [1.807, 2.05) is 13.8 Å². The first kappa shape index (κ1) is 13.3. The third-order valence-electron chi connectivity index (χ3n) is 3.02. The number of nitrogens with zero attached hydrogens (tertiary/aromatic N) is 1. The van der Waals surface area contributed by atoms with Crippen molar-refractivity contribution in [3.8, 4) is 0 Å². The molecule has 1 atom stereocenters. The lowest BCUT2D eigenvalue weighted by Gasteiger charge is -2.20. The Hall–Kier alpha value is -0.770. The van der Waals surface area contributed by atoms with Gasteiger partial charge >= 0.3 is 6.03 Å². The van der Waals surface area contributed by atoms with Gasteiger partial charge in [-0.05, 0) is 46.6 Å². The van der Waals surface area contributed by atoms with Crippen LogP contribution in [0.25, 0.3) is 0 Å². The number of hydrogen-bond acceptors (Lipinski definition) is 2. The predicted octanol–water partition coefficient (Wildman–Crippen LogP) is 1.42. The van der Waals surface area contributed by atoms with Crippen LogP contribution in [0.4, 0.5) is 4.79 Å². The average Bonchev–Trinajstić information content (AvgIpc) is 2.61. The van der Waals surface area contributed by atoms with Crippen LogP contribution in [0.15, 0.2) is 0 Å². The number of urea groups is 1. The molecule has 0 aromatic carbocycles. The first-order valence-corrected chi connectivity index (χ1v) is 6.27. The lowest BCUT2D eigenvalue weighted by atomic mass is 10.1. The van der Waals surface area contributed by atoms with Gasteiger partial charge in [0.15, 0.2) is 0 Å². The zero-order chi connectivity index (χ0) is 12.1. The number of rotatable bonds is 4. The largest absolute Gasteiger partial charge is 0.338 e.